The molecule has 2 nitrogen and oxygen atoms in total. The highest BCUT2D eigenvalue weighted by molar-refractivity contribution is 4.96. The predicted octanol–water partition coefficient (Wildman–Crippen LogP) is 9.65. The van der Waals surface area contributed by atoms with Gasteiger partial charge in [0.25, 0.3) is 0 Å². The molecule has 0 bridgehead atoms. The molecular formula is C29H58N2. The minimum absolute atomic E-state index is 0.637. The largest absolute Gasteiger partial charge is 0.356 e. The quantitative estimate of drug-likeness (QED) is 0.148. The van der Waals surface area contributed by atoms with Crippen molar-refractivity contribution in [3.8, 4) is 0 Å². The summed E-state index contributed by atoms with van der Waals surface area (Å²) in [4.78, 5) is 5.19. The Morgan fingerprint density at radius 1 is 0.452 bits per heavy atom. The van der Waals surface area contributed by atoms with Gasteiger partial charge in [0.2, 0.25) is 0 Å². The van der Waals surface area contributed by atoms with Crippen LogP contribution in [-0.4, -0.2) is 29.1 Å². The molecule has 0 radical (unpaired) electrons. The van der Waals surface area contributed by atoms with Crippen LogP contribution in [0.15, 0.2) is 12.4 Å². The first-order valence-electron chi connectivity index (χ1n) is 14.5. The Morgan fingerprint density at radius 2 is 0.839 bits per heavy atom. The maximum atomic E-state index is 2.63. The molecule has 0 fully saturated rings. The van der Waals surface area contributed by atoms with Crippen molar-refractivity contribution in [2.75, 3.05) is 13.1 Å². The van der Waals surface area contributed by atoms with E-state index in [0.717, 1.165) is 6.54 Å². The van der Waals surface area contributed by atoms with Crippen molar-refractivity contribution in [2.24, 2.45) is 0 Å². The third-order valence-electron chi connectivity index (χ3n) is 7.17. The van der Waals surface area contributed by atoms with Gasteiger partial charge in [-0.05, 0) is 26.2 Å². The van der Waals surface area contributed by atoms with E-state index in [4.69, 9.17) is 0 Å². The molecule has 0 amide bonds. The molecule has 1 heterocycles. The second kappa shape index (κ2) is 21.2. The zero-order chi connectivity index (χ0) is 22.4. The van der Waals surface area contributed by atoms with Gasteiger partial charge >= 0.3 is 0 Å². The minimum atomic E-state index is 0.637. The summed E-state index contributed by atoms with van der Waals surface area (Å²) in [6.07, 6.45) is 35.3. The van der Waals surface area contributed by atoms with E-state index < -0.39 is 0 Å². The summed E-state index contributed by atoms with van der Waals surface area (Å²) in [7, 11) is 0. The monoisotopic (exact) mass is 434 g/mol. The Balaban J connectivity index is 1.97. The van der Waals surface area contributed by atoms with Gasteiger partial charge in [0.1, 0.15) is 6.17 Å². The van der Waals surface area contributed by atoms with E-state index in [9.17, 15) is 0 Å². The Kier molecular flexibility index (Phi) is 19.4. The van der Waals surface area contributed by atoms with Gasteiger partial charge in [-0.25, -0.2) is 0 Å². The predicted molar refractivity (Wildman–Crippen MR) is 140 cm³/mol. The summed E-state index contributed by atoms with van der Waals surface area (Å²) in [6, 6.07) is 0. The fourth-order valence-electron chi connectivity index (χ4n) is 5.03. The zero-order valence-electron chi connectivity index (χ0n) is 21.9. The molecule has 0 aliphatic carbocycles. The molecule has 2 heteroatoms. The minimum Gasteiger partial charge on any atom is -0.356 e. The highest BCUT2D eigenvalue weighted by atomic mass is 15.4. The van der Waals surface area contributed by atoms with Crippen LogP contribution in [0.1, 0.15) is 156 Å². The summed E-state index contributed by atoms with van der Waals surface area (Å²) >= 11 is 0. The van der Waals surface area contributed by atoms with Crippen LogP contribution in [0.3, 0.4) is 0 Å². The normalized spacial score (nSPS) is 16.0. The summed E-state index contributed by atoms with van der Waals surface area (Å²) in [6.45, 7) is 9.31. The third kappa shape index (κ3) is 14.9. The summed E-state index contributed by atoms with van der Waals surface area (Å²) in [5.74, 6) is 0. The molecule has 0 aromatic rings. The lowest BCUT2D eigenvalue weighted by atomic mass is 10.0. The molecule has 0 aromatic carbocycles. The lowest BCUT2D eigenvalue weighted by Gasteiger charge is -2.32. The lowest BCUT2D eigenvalue weighted by molar-refractivity contribution is 0.142. The van der Waals surface area contributed by atoms with Crippen LogP contribution in [0.4, 0.5) is 0 Å². The third-order valence-corrected chi connectivity index (χ3v) is 7.17. The Hall–Kier alpha value is -0.660. The number of unbranched alkanes of at least 4 members (excludes halogenated alkanes) is 18. The van der Waals surface area contributed by atoms with Crippen molar-refractivity contribution in [3.63, 3.8) is 0 Å². The average molecular weight is 435 g/mol. The molecule has 1 unspecified atom stereocenters. The number of hydrogen-bond acceptors (Lipinski definition) is 2. The first-order chi connectivity index (χ1) is 15.3. The summed E-state index contributed by atoms with van der Waals surface area (Å²) < 4.78 is 0. The van der Waals surface area contributed by atoms with E-state index in [2.05, 4.69) is 43.0 Å². The lowest BCUT2D eigenvalue weighted by Crippen LogP contribution is -2.38. The van der Waals surface area contributed by atoms with Gasteiger partial charge in [0, 0.05) is 25.5 Å². The van der Waals surface area contributed by atoms with Crippen LogP contribution in [0.2, 0.25) is 0 Å². The van der Waals surface area contributed by atoms with Crippen LogP contribution in [0, 0.1) is 0 Å². The maximum Gasteiger partial charge on any atom is 0.101 e. The van der Waals surface area contributed by atoms with Gasteiger partial charge < -0.3 is 9.80 Å². The van der Waals surface area contributed by atoms with Crippen LogP contribution < -0.4 is 0 Å². The Bertz CT molecular complexity index is 392. The van der Waals surface area contributed by atoms with Crippen molar-refractivity contribution >= 4 is 0 Å². The van der Waals surface area contributed by atoms with Gasteiger partial charge in [-0.1, -0.05) is 129 Å². The van der Waals surface area contributed by atoms with Crippen LogP contribution >= 0.6 is 0 Å². The number of nitrogens with zero attached hydrogens (tertiary/aromatic N) is 2. The molecule has 0 aromatic heterocycles. The van der Waals surface area contributed by atoms with Crippen molar-refractivity contribution in [1.82, 2.24) is 9.80 Å². The van der Waals surface area contributed by atoms with E-state index in [-0.39, 0.29) is 0 Å². The average Bonchev–Trinajstić information content (AvgIpc) is 3.18. The molecule has 1 rings (SSSR count). The molecule has 0 N–H and O–H groups in total. The van der Waals surface area contributed by atoms with E-state index >= 15 is 0 Å². The second-order valence-electron chi connectivity index (χ2n) is 10.00. The molecule has 0 saturated heterocycles. The zero-order valence-corrected chi connectivity index (χ0v) is 21.9. The second-order valence-corrected chi connectivity index (χ2v) is 10.00. The Morgan fingerprint density at radius 3 is 1.29 bits per heavy atom. The standard InChI is InChI=1S/C29H58N2/c1-4-7-9-11-13-14-15-16-17-18-19-20-22-24-26-31-28-27-30(6-3)29(31)25-23-21-12-10-8-5-2/h27-29H,4-26H2,1-3H3. The first-order valence-corrected chi connectivity index (χ1v) is 14.5. The van der Waals surface area contributed by atoms with Crippen LogP contribution in [0.5, 0.6) is 0 Å². The van der Waals surface area contributed by atoms with Gasteiger partial charge in [-0.3, -0.25) is 0 Å². The van der Waals surface area contributed by atoms with Crippen molar-refractivity contribution in [1.29, 1.82) is 0 Å². The molecule has 0 spiro atoms. The van der Waals surface area contributed by atoms with E-state index in [1.165, 1.54) is 141 Å². The van der Waals surface area contributed by atoms with Gasteiger partial charge in [0.05, 0.1) is 0 Å². The van der Waals surface area contributed by atoms with Crippen LogP contribution in [0.25, 0.3) is 0 Å². The molecular weight excluding hydrogens is 376 g/mol. The fraction of sp³-hybridized carbons (Fsp3) is 0.931. The molecule has 1 atom stereocenters. The van der Waals surface area contributed by atoms with E-state index in [0.29, 0.717) is 6.17 Å². The van der Waals surface area contributed by atoms with E-state index in [1.54, 1.807) is 0 Å². The summed E-state index contributed by atoms with van der Waals surface area (Å²) in [5.41, 5.74) is 0. The topological polar surface area (TPSA) is 6.48 Å². The van der Waals surface area contributed by atoms with E-state index in [1.807, 2.05) is 0 Å². The van der Waals surface area contributed by atoms with Gasteiger partial charge in [0.15, 0.2) is 0 Å². The summed E-state index contributed by atoms with van der Waals surface area (Å²) in [5, 5.41) is 0. The molecule has 1 aliphatic heterocycles. The SMILES string of the molecule is CCCCCCCCCCCCCCCCN1C=CN(CC)C1CCCCCCCC. The van der Waals surface area contributed by atoms with Gasteiger partial charge in [-0.15, -0.1) is 0 Å². The molecule has 184 valence electrons. The maximum absolute atomic E-state index is 2.63. The van der Waals surface area contributed by atoms with Gasteiger partial charge in [-0.2, -0.15) is 0 Å². The first kappa shape index (κ1) is 28.4. The van der Waals surface area contributed by atoms with Crippen molar-refractivity contribution < 1.29 is 0 Å². The van der Waals surface area contributed by atoms with Crippen molar-refractivity contribution in [2.45, 2.75) is 162 Å². The highest BCUT2D eigenvalue weighted by Gasteiger charge is 2.23. The molecule has 31 heavy (non-hydrogen) atoms. The molecule has 0 saturated carbocycles. The van der Waals surface area contributed by atoms with Crippen molar-refractivity contribution in [3.05, 3.63) is 12.4 Å². The fourth-order valence-corrected chi connectivity index (χ4v) is 5.03. The smallest absolute Gasteiger partial charge is 0.101 e. The number of rotatable bonds is 23. The molecule has 1 aliphatic rings. The van der Waals surface area contributed by atoms with Crippen LogP contribution in [-0.2, 0) is 0 Å². The Labute approximate surface area is 197 Å². The number of hydrogen-bond donors (Lipinski definition) is 0. The highest BCUT2D eigenvalue weighted by Crippen LogP contribution is 2.22.